The van der Waals surface area contributed by atoms with Gasteiger partial charge in [-0.15, -0.1) is 0 Å². The molecule has 0 aliphatic carbocycles. The van der Waals surface area contributed by atoms with Crippen LogP contribution in [-0.2, 0) is 16.0 Å². The molecule has 1 unspecified atom stereocenters. The fourth-order valence-corrected chi connectivity index (χ4v) is 4.27. The molecule has 2 N–H and O–H groups in total. The Morgan fingerprint density at radius 1 is 0.973 bits per heavy atom. The van der Waals surface area contributed by atoms with Crippen molar-refractivity contribution < 1.29 is 37.4 Å². The van der Waals surface area contributed by atoms with E-state index in [0.717, 1.165) is 12.1 Å². The summed E-state index contributed by atoms with van der Waals surface area (Å²) in [7, 11) is 4.43. The first-order valence-electron chi connectivity index (χ1n) is 11.8. The van der Waals surface area contributed by atoms with Crippen molar-refractivity contribution in [1.82, 2.24) is 15.5 Å². The number of carbonyl (C=O) groups is 3. The molecule has 3 amide bonds. The van der Waals surface area contributed by atoms with E-state index in [1.165, 1.54) is 34.3 Å². The summed E-state index contributed by atoms with van der Waals surface area (Å²) in [6.45, 7) is 2.07. The third kappa shape index (κ3) is 6.87. The van der Waals surface area contributed by atoms with Crippen molar-refractivity contribution in [2.24, 2.45) is 0 Å². The molecule has 200 valence electrons. The molecule has 0 spiro atoms. The highest BCUT2D eigenvalue weighted by Crippen LogP contribution is 2.38. The second-order valence-corrected chi connectivity index (χ2v) is 8.69. The van der Waals surface area contributed by atoms with Crippen molar-refractivity contribution in [1.29, 1.82) is 0 Å². The van der Waals surface area contributed by atoms with Gasteiger partial charge in [-0.2, -0.15) is 0 Å². The second-order valence-electron chi connectivity index (χ2n) is 8.69. The van der Waals surface area contributed by atoms with Gasteiger partial charge in [0.1, 0.15) is 6.04 Å². The molecule has 37 heavy (non-hydrogen) atoms. The van der Waals surface area contributed by atoms with Crippen molar-refractivity contribution in [3.05, 3.63) is 53.1 Å². The SMILES string of the molecule is COc1cc(C(=O)N2CCC(NC(=O)C(Cc3ccc(F)c(F)c3)NC(C)=O)CC2)cc(OC)c1OC. The van der Waals surface area contributed by atoms with Crippen LogP contribution in [0.3, 0.4) is 0 Å². The lowest BCUT2D eigenvalue weighted by Gasteiger charge is -2.33. The van der Waals surface area contributed by atoms with Crippen LogP contribution in [0.5, 0.6) is 17.2 Å². The summed E-state index contributed by atoms with van der Waals surface area (Å²) in [6, 6.07) is 5.35. The van der Waals surface area contributed by atoms with Gasteiger partial charge in [-0.3, -0.25) is 14.4 Å². The zero-order valence-electron chi connectivity index (χ0n) is 21.2. The van der Waals surface area contributed by atoms with Crippen LogP contribution in [0.2, 0.25) is 0 Å². The van der Waals surface area contributed by atoms with E-state index in [4.69, 9.17) is 14.2 Å². The third-order valence-electron chi connectivity index (χ3n) is 6.16. The molecule has 0 bridgehead atoms. The smallest absolute Gasteiger partial charge is 0.254 e. The Morgan fingerprint density at radius 3 is 2.11 bits per heavy atom. The summed E-state index contributed by atoms with van der Waals surface area (Å²) >= 11 is 0. The number of likely N-dealkylation sites (tertiary alicyclic amines) is 1. The number of halogens is 2. The highest BCUT2D eigenvalue weighted by atomic mass is 19.2. The third-order valence-corrected chi connectivity index (χ3v) is 6.16. The lowest BCUT2D eigenvalue weighted by Crippen LogP contribution is -2.53. The molecule has 1 fully saturated rings. The first-order valence-corrected chi connectivity index (χ1v) is 11.8. The lowest BCUT2D eigenvalue weighted by atomic mass is 10.0. The molecule has 1 heterocycles. The summed E-state index contributed by atoms with van der Waals surface area (Å²) in [4.78, 5) is 39.4. The van der Waals surface area contributed by atoms with Crippen molar-refractivity contribution in [2.75, 3.05) is 34.4 Å². The normalized spacial score (nSPS) is 14.5. The molecule has 1 aliphatic rings. The Morgan fingerprint density at radius 2 is 1.59 bits per heavy atom. The molecular weight excluding hydrogens is 488 g/mol. The topological polar surface area (TPSA) is 106 Å². The molecule has 2 aromatic rings. The van der Waals surface area contributed by atoms with Crippen LogP contribution in [-0.4, -0.2) is 69.1 Å². The molecule has 1 aliphatic heterocycles. The van der Waals surface area contributed by atoms with Crippen LogP contribution < -0.4 is 24.8 Å². The van der Waals surface area contributed by atoms with Crippen LogP contribution in [0.4, 0.5) is 8.78 Å². The number of hydrogen-bond donors (Lipinski definition) is 2. The molecule has 2 aromatic carbocycles. The van der Waals surface area contributed by atoms with Crippen molar-refractivity contribution in [3.8, 4) is 17.2 Å². The average Bonchev–Trinajstić information content (AvgIpc) is 2.89. The number of nitrogens with zero attached hydrogens (tertiary/aromatic N) is 1. The molecule has 3 rings (SSSR count). The van der Waals surface area contributed by atoms with Gasteiger partial charge in [-0.05, 0) is 42.7 Å². The standard InChI is InChI=1S/C26H31F2N3O6/c1-15(32)29-21(12-16-5-6-19(27)20(28)11-16)25(33)30-18-7-9-31(10-8-18)26(34)17-13-22(35-2)24(37-4)23(14-17)36-3/h5-6,11,13-14,18,21H,7-10,12H2,1-4H3,(H,29,32)(H,30,33). The van der Waals surface area contributed by atoms with Gasteiger partial charge in [0.25, 0.3) is 5.91 Å². The van der Waals surface area contributed by atoms with Crippen LogP contribution in [0.25, 0.3) is 0 Å². The van der Waals surface area contributed by atoms with Crippen LogP contribution in [0.1, 0.15) is 35.7 Å². The maximum absolute atomic E-state index is 13.6. The molecule has 9 nitrogen and oxygen atoms in total. The fourth-order valence-electron chi connectivity index (χ4n) is 4.27. The predicted molar refractivity (Wildman–Crippen MR) is 131 cm³/mol. The van der Waals surface area contributed by atoms with Gasteiger partial charge in [0.15, 0.2) is 23.1 Å². The van der Waals surface area contributed by atoms with Gasteiger partial charge in [-0.1, -0.05) is 6.07 Å². The zero-order valence-corrected chi connectivity index (χ0v) is 21.2. The number of piperidine rings is 1. The van der Waals surface area contributed by atoms with Crippen LogP contribution in [0, 0.1) is 11.6 Å². The van der Waals surface area contributed by atoms with Gasteiger partial charge in [0.05, 0.1) is 21.3 Å². The van der Waals surface area contributed by atoms with Crippen LogP contribution in [0.15, 0.2) is 30.3 Å². The summed E-state index contributed by atoms with van der Waals surface area (Å²) in [5.41, 5.74) is 0.757. The van der Waals surface area contributed by atoms with E-state index < -0.39 is 29.5 Å². The number of hydrogen-bond acceptors (Lipinski definition) is 6. The van der Waals surface area contributed by atoms with Gasteiger partial charge >= 0.3 is 0 Å². The number of ether oxygens (including phenoxy) is 3. The number of carbonyl (C=O) groups excluding carboxylic acids is 3. The van der Waals surface area contributed by atoms with E-state index in [-0.39, 0.29) is 18.4 Å². The molecule has 0 aromatic heterocycles. The quantitative estimate of drug-likeness (QED) is 0.527. The summed E-state index contributed by atoms with van der Waals surface area (Å²) < 4.78 is 42.8. The van der Waals surface area contributed by atoms with E-state index in [9.17, 15) is 23.2 Å². The minimum Gasteiger partial charge on any atom is -0.493 e. The lowest BCUT2D eigenvalue weighted by molar-refractivity contribution is -0.128. The summed E-state index contributed by atoms with van der Waals surface area (Å²) in [5.74, 6) is -1.95. The highest BCUT2D eigenvalue weighted by Gasteiger charge is 2.29. The fraction of sp³-hybridized carbons (Fsp3) is 0.423. The van der Waals surface area contributed by atoms with Gasteiger partial charge in [-0.25, -0.2) is 8.78 Å². The Kier molecular flexibility index (Phi) is 9.26. The van der Waals surface area contributed by atoms with Gasteiger partial charge in [0, 0.05) is 38.0 Å². The molecule has 1 saturated heterocycles. The number of benzene rings is 2. The minimum absolute atomic E-state index is 0.00107. The first-order chi connectivity index (χ1) is 17.7. The Labute approximate surface area is 214 Å². The first kappa shape index (κ1) is 27.7. The average molecular weight is 520 g/mol. The Balaban J connectivity index is 1.62. The number of methoxy groups -OCH3 is 3. The molecule has 0 saturated carbocycles. The van der Waals surface area contributed by atoms with E-state index in [1.54, 1.807) is 17.0 Å². The van der Waals surface area contributed by atoms with Crippen LogP contribution >= 0.6 is 0 Å². The Bertz CT molecular complexity index is 1130. The number of amides is 3. The van der Waals surface area contributed by atoms with Crippen molar-refractivity contribution >= 4 is 17.7 Å². The summed E-state index contributed by atoms with van der Waals surface area (Å²) in [6.07, 6.45) is 1.00. The highest BCUT2D eigenvalue weighted by molar-refractivity contribution is 5.95. The summed E-state index contributed by atoms with van der Waals surface area (Å²) in [5, 5.41) is 5.47. The Hall–Kier alpha value is -3.89. The van der Waals surface area contributed by atoms with E-state index in [2.05, 4.69) is 10.6 Å². The zero-order chi connectivity index (χ0) is 27.1. The number of rotatable bonds is 9. The predicted octanol–water partition coefficient (Wildman–Crippen LogP) is 2.46. The molecule has 11 heteroatoms. The number of nitrogens with one attached hydrogen (secondary N) is 2. The van der Waals surface area contributed by atoms with Crippen molar-refractivity contribution in [2.45, 2.75) is 38.3 Å². The monoisotopic (exact) mass is 519 g/mol. The van der Waals surface area contributed by atoms with Crippen molar-refractivity contribution in [3.63, 3.8) is 0 Å². The second kappa shape index (κ2) is 12.4. The molecule has 0 radical (unpaired) electrons. The van der Waals surface area contributed by atoms with E-state index >= 15 is 0 Å². The van der Waals surface area contributed by atoms with Gasteiger partial charge < -0.3 is 29.7 Å². The minimum atomic E-state index is -1.02. The van der Waals surface area contributed by atoms with E-state index in [0.29, 0.717) is 54.3 Å². The van der Waals surface area contributed by atoms with Gasteiger partial charge in [0.2, 0.25) is 17.6 Å². The molecular formula is C26H31F2N3O6. The molecule has 1 atom stereocenters. The maximum Gasteiger partial charge on any atom is 0.254 e. The van der Waals surface area contributed by atoms with E-state index in [1.807, 2.05) is 0 Å². The largest absolute Gasteiger partial charge is 0.493 e. The maximum atomic E-state index is 13.6.